The monoisotopic (exact) mass is 336 g/mol. The van der Waals surface area contributed by atoms with Crippen molar-refractivity contribution in [3.8, 4) is 0 Å². The zero-order valence-electron chi connectivity index (χ0n) is 13.3. The highest BCUT2D eigenvalue weighted by Crippen LogP contribution is 2.05. The molecule has 0 unspecified atom stereocenters. The van der Waals surface area contributed by atoms with Crippen LogP contribution >= 0.6 is 0 Å². The van der Waals surface area contributed by atoms with Gasteiger partial charge in [-0.25, -0.2) is 0 Å². The van der Waals surface area contributed by atoms with E-state index in [4.69, 9.17) is 4.42 Å². The van der Waals surface area contributed by atoms with Crippen LogP contribution in [-0.4, -0.2) is 21.8 Å². The first-order valence-electron chi connectivity index (χ1n) is 7.66. The molecule has 3 heterocycles. The van der Waals surface area contributed by atoms with Crippen molar-refractivity contribution >= 4 is 11.8 Å². The van der Waals surface area contributed by atoms with E-state index in [2.05, 4.69) is 20.6 Å². The zero-order valence-corrected chi connectivity index (χ0v) is 13.3. The van der Waals surface area contributed by atoms with Crippen LogP contribution in [0.2, 0.25) is 0 Å². The molecule has 126 valence electrons. The fourth-order valence-electron chi connectivity index (χ4n) is 2.15. The van der Waals surface area contributed by atoms with E-state index in [-0.39, 0.29) is 24.1 Å². The Bertz CT molecular complexity index is 848. The molecule has 0 bridgehead atoms. The van der Waals surface area contributed by atoms with Gasteiger partial charge in [-0.3, -0.25) is 19.6 Å². The Kier molecular flexibility index (Phi) is 5.16. The van der Waals surface area contributed by atoms with Crippen LogP contribution in [0.5, 0.6) is 0 Å². The molecule has 0 radical (unpaired) electrons. The fraction of sp³-hybridized carbons (Fsp3) is 0.111. The molecule has 0 aliphatic heterocycles. The molecule has 0 spiro atoms. The lowest BCUT2D eigenvalue weighted by Gasteiger charge is -2.07. The summed E-state index contributed by atoms with van der Waals surface area (Å²) in [6.45, 7) is 0.635. The molecule has 0 saturated heterocycles. The number of rotatable bonds is 6. The Morgan fingerprint density at radius 1 is 0.960 bits per heavy atom. The molecule has 7 heteroatoms. The van der Waals surface area contributed by atoms with Crippen molar-refractivity contribution in [2.24, 2.45) is 0 Å². The number of amides is 2. The Hall–Kier alpha value is -3.48. The molecule has 3 aromatic heterocycles. The summed E-state index contributed by atoms with van der Waals surface area (Å²) < 4.78 is 5.16. The Morgan fingerprint density at radius 2 is 1.76 bits per heavy atom. The van der Waals surface area contributed by atoms with Crippen molar-refractivity contribution < 1.29 is 14.0 Å². The van der Waals surface area contributed by atoms with Gasteiger partial charge in [-0.15, -0.1) is 0 Å². The third-order valence-corrected chi connectivity index (χ3v) is 3.46. The molecule has 7 nitrogen and oxygen atoms in total. The third kappa shape index (κ3) is 4.51. The molecule has 0 aliphatic rings. The van der Waals surface area contributed by atoms with Crippen LogP contribution in [0.4, 0.5) is 0 Å². The lowest BCUT2D eigenvalue weighted by Crippen LogP contribution is -2.26. The Morgan fingerprint density at radius 3 is 2.52 bits per heavy atom. The van der Waals surface area contributed by atoms with E-state index in [9.17, 15) is 9.59 Å². The van der Waals surface area contributed by atoms with Crippen molar-refractivity contribution in [1.82, 2.24) is 20.6 Å². The maximum absolute atomic E-state index is 12.2. The number of carbonyl (C=O) groups excluding carboxylic acids is 2. The molecular weight excluding hydrogens is 320 g/mol. The number of hydrogen-bond acceptors (Lipinski definition) is 5. The summed E-state index contributed by atoms with van der Waals surface area (Å²) in [6.07, 6.45) is 6.29. The molecule has 0 fully saturated rings. The minimum Gasteiger partial charge on any atom is -0.467 e. The largest absolute Gasteiger partial charge is 0.467 e. The van der Waals surface area contributed by atoms with Crippen LogP contribution in [0.3, 0.4) is 0 Å². The van der Waals surface area contributed by atoms with Crippen LogP contribution < -0.4 is 10.6 Å². The molecule has 25 heavy (non-hydrogen) atoms. The standard InChI is InChI=1S/C18H16N4O3/c23-17(22-12-15-2-1-9-25-15)14-5-8-20-16(10-14)18(24)21-11-13-3-6-19-7-4-13/h1-10H,11-12H2,(H,21,24)(H,22,23). The second kappa shape index (κ2) is 7.87. The first kappa shape index (κ1) is 16.4. The minimum atomic E-state index is -0.350. The molecule has 3 rings (SSSR count). The van der Waals surface area contributed by atoms with Crippen LogP contribution in [0, 0.1) is 0 Å². The molecule has 2 N–H and O–H groups in total. The van der Waals surface area contributed by atoms with Gasteiger partial charge in [-0.05, 0) is 42.0 Å². The van der Waals surface area contributed by atoms with Gasteiger partial charge in [-0.2, -0.15) is 0 Å². The predicted octanol–water partition coefficient (Wildman–Crippen LogP) is 1.93. The maximum Gasteiger partial charge on any atom is 0.270 e. The van der Waals surface area contributed by atoms with Gasteiger partial charge in [0, 0.05) is 30.7 Å². The Balaban J connectivity index is 1.60. The van der Waals surface area contributed by atoms with E-state index >= 15 is 0 Å². The number of furan rings is 1. The quantitative estimate of drug-likeness (QED) is 0.717. The molecular formula is C18H16N4O3. The first-order valence-corrected chi connectivity index (χ1v) is 7.66. The first-order chi connectivity index (χ1) is 12.2. The summed E-state index contributed by atoms with van der Waals surface area (Å²) in [4.78, 5) is 32.3. The maximum atomic E-state index is 12.2. The number of aromatic nitrogens is 2. The van der Waals surface area contributed by atoms with Gasteiger partial charge >= 0.3 is 0 Å². The van der Waals surface area contributed by atoms with Crippen molar-refractivity contribution in [3.63, 3.8) is 0 Å². The van der Waals surface area contributed by atoms with Crippen molar-refractivity contribution in [3.05, 3.63) is 83.8 Å². The van der Waals surface area contributed by atoms with Crippen molar-refractivity contribution in [2.45, 2.75) is 13.1 Å². The van der Waals surface area contributed by atoms with Gasteiger partial charge in [0.25, 0.3) is 11.8 Å². The van der Waals surface area contributed by atoms with Gasteiger partial charge in [0.05, 0.1) is 12.8 Å². The normalized spacial score (nSPS) is 10.2. The molecule has 3 aromatic rings. The van der Waals surface area contributed by atoms with Crippen LogP contribution in [-0.2, 0) is 13.1 Å². The fourth-order valence-corrected chi connectivity index (χ4v) is 2.15. The summed E-state index contributed by atoms with van der Waals surface area (Å²) in [5, 5.41) is 5.49. The van der Waals surface area contributed by atoms with Gasteiger partial charge in [0.1, 0.15) is 11.5 Å². The zero-order chi connectivity index (χ0) is 17.5. The number of carbonyl (C=O) groups is 2. The van der Waals surface area contributed by atoms with Crippen molar-refractivity contribution in [2.75, 3.05) is 0 Å². The second-order valence-electron chi connectivity index (χ2n) is 5.23. The van der Waals surface area contributed by atoms with E-state index in [0.29, 0.717) is 17.9 Å². The predicted molar refractivity (Wildman–Crippen MR) is 89.5 cm³/mol. The topological polar surface area (TPSA) is 97.1 Å². The highest BCUT2D eigenvalue weighted by Gasteiger charge is 2.12. The van der Waals surface area contributed by atoms with Gasteiger partial charge in [-0.1, -0.05) is 0 Å². The summed E-state index contributed by atoms with van der Waals surface area (Å²) in [5.41, 5.74) is 1.46. The average molecular weight is 336 g/mol. The SMILES string of the molecule is O=C(NCc1ccco1)c1ccnc(C(=O)NCc2ccncc2)c1. The van der Waals surface area contributed by atoms with E-state index in [1.807, 2.05) is 12.1 Å². The highest BCUT2D eigenvalue weighted by molar-refractivity contribution is 5.98. The van der Waals surface area contributed by atoms with E-state index in [0.717, 1.165) is 5.56 Å². The average Bonchev–Trinajstić information content (AvgIpc) is 3.18. The van der Waals surface area contributed by atoms with Gasteiger partial charge in [0.2, 0.25) is 0 Å². The lowest BCUT2D eigenvalue weighted by atomic mass is 10.2. The molecule has 0 atom stereocenters. The number of nitrogens with one attached hydrogen (secondary N) is 2. The van der Waals surface area contributed by atoms with E-state index < -0.39 is 0 Å². The Labute approximate surface area is 144 Å². The molecule has 2 amide bonds. The van der Waals surface area contributed by atoms with Crippen LogP contribution in [0.15, 0.2) is 65.7 Å². The van der Waals surface area contributed by atoms with E-state index in [1.165, 1.54) is 12.3 Å². The lowest BCUT2D eigenvalue weighted by molar-refractivity contribution is 0.0946. The third-order valence-electron chi connectivity index (χ3n) is 3.46. The molecule has 0 aromatic carbocycles. The van der Waals surface area contributed by atoms with Crippen LogP contribution in [0.25, 0.3) is 0 Å². The smallest absolute Gasteiger partial charge is 0.270 e. The summed E-state index contributed by atoms with van der Waals surface area (Å²) in [7, 11) is 0. The molecule has 0 saturated carbocycles. The number of hydrogen-bond donors (Lipinski definition) is 2. The van der Waals surface area contributed by atoms with Gasteiger partial charge in [0.15, 0.2) is 0 Å². The summed E-state index contributed by atoms with van der Waals surface area (Å²) in [5.74, 6) is -0.00259. The minimum absolute atomic E-state index is 0.180. The molecule has 0 aliphatic carbocycles. The van der Waals surface area contributed by atoms with Gasteiger partial charge < -0.3 is 15.1 Å². The second-order valence-corrected chi connectivity index (χ2v) is 5.23. The number of pyridine rings is 2. The number of nitrogens with zero attached hydrogens (tertiary/aromatic N) is 2. The summed E-state index contributed by atoms with van der Waals surface area (Å²) >= 11 is 0. The van der Waals surface area contributed by atoms with Crippen LogP contribution in [0.1, 0.15) is 32.2 Å². The van der Waals surface area contributed by atoms with E-state index in [1.54, 1.807) is 36.9 Å². The summed E-state index contributed by atoms with van der Waals surface area (Å²) in [6, 6.07) is 10.2. The highest BCUT2D eigenvalue weighted by atomic mass is 16.3. The van der Waals surface area contributed by atoms with Crippen molar-refractivity contribution in [1.29, 1.82) is 0 Å².